The molecule has 1 aromatic heterocycles. The molecule has 0 atom stereocenters. The summed E-state index contributed by atoms with van der Waals surface area (Å²) < 4.78 is 22.8. The Morgan fingerprint density at radius 2 is 2.10 bits per heavy atom. The van der Waals surface area contributed by atoms with Crippen LogP contribution in [0.15, 0.2) is 47.5 Å². The SMILES string of the molecule is NS(=O)(=O)c1ccc2c(c1)C=CCN2c1cccnn1. The van der Waals surface area contributed by atoms with E-state index in [2.05, 4.69) is 10.2 Å². The quantitative estimate of drug-likeness (QED) is 0.899. The lowest BCUT2D eigenvalue weighted by molar-refractivity contribution is 0.598. The lowest BCUT2D eigenvalue weighted by Crippen LogP contribution is -2.22. The molecule has 0 saturated carbocycles. The van der Waals surface area contributed by atoms with Crippen LogP contribution < -0.4 is 10.0 Å². The van der Waals surface area contributed by atoms with E-state index in [0.717, 1.165) is 11.3 Å². The average molecular weight is 288 g/mol. The van der Waals surface area contributed by atoms with Gasteiger partial charge in [-0.25, -0.2) is 13.6 Å². The average Bonchev–Trinajstić information content (AvgIpc) is 2.46. The van der Waals surface area contributed by atoms with Gasteiger partial charge in [0.05, 0.1) is 10.6 Å². The zero-order chi connectivity index (χ0) is 14.2. The first-order valence-corrected chi connectivity index (χ1v) is 7.49. The van der Waals surface area contributed by atoms with Crippen LogP contribution in [0.2, 0.25) is 0 Å². The van der Waals surface area contributed by atoms with Crippen molar-refractivity contribution in [3.63, 3.8) is 0 Å². The molecular formula is C13H12N4O2S. The standard InChI is InChI=1S/C13H12N4O2S/c14-20(18,19)11-5-6-12-10(9-11)3-2-8-17(12)13-4-1-7-15-16-13/h1-7,9H,8H2,(H2,14,18,19). The maximum absolute atomic E-state index is 11.4. The summed E-state index contributed by atoms with van der Waals surface area (Å²) >= 11 is 0. The van der Waals surface area contributed by atoms with E-state index in [-0.39, 0.29) is 4.90 Å². The summed E-state index contributed by atoms with van der Waals surface area (Å²) in [5, 5.41) is 13.1. The molecule has 102 valence electrons. The van der Waals surface area contributed by atoms with Gasteiger partial charge >= 0.3 is 0 Å². The van der Waals surface area contributed by atoms with E-state index in [0.29, 0.717) is 12.4 Å². The Balaban J connectivity index is 2.09. The molecule has 0 aliphatic carbocycles. The number of aromatic nitrogens is 2. The molecule has 7 heteroatoms. The zero-order valence-corrected chi connectivity index (χ0v) is 11.3. The summed E-state index contributed by atoms with van der Waals surface area (Å²) in [5.74, 6) is 0.710. The van der Waals surface area contributed by atoms with Crippen LogP contribution in [0.25, 0.3) is 6.08 Å². The van der Waals surface area contributed by atoms with Gasteiger partial charge in [-0.3, -0.25) is 0 Å². The molecule has 0 saturated heterocycles. The summed E-state index contributed by atoms with van der Waals surface area (Å²) in [6.45, 7) is 0.653. The number of nitrogens with two attached hydrogens (primary N) is 1. The van der Waals surface area contributed by atoms with Crippen LogP contribution in [0.1, 0.15) is 5.56 Å². The number of primary sulfonamides is 1. The highest BCUT2D eigenvalue weighted by atomic mass is 32.2. The third-order valence-corrected chi connectivity index (χ3v) is 3.95. The minimum atomic E-state index is -3.70. The van der Waals surface area contributed by atoms with E-state index >= 15 is 0 Å². The molecule has 2 heterocycles. The minimum Gasteiger partial charge on any atom is -0.320 e. The monoisotopic (exact) mass is 288 g/mol. The molecule has 3 rings (SSSR count). The first kappa shape index (κ1) is 12.8. The lowest BCUT2D eigenvalue weighted by Gasteiger charge is -2.26. The normalized spacial score (nSPS) is 14.2. The van der Waals surface area contributed by atoms with Crippen LogP contribution in [0.4, 0.5) is 11.5 Å². The topological polar surface area (TPSA) is 89.2 Å². The molecule has 2 aromatic rings. The van der Waals surface area contributed by atoms with Crippen molar-refractivity contribution >= 4 is 27.6 Å². The molecule has 20 heavy (non-hydrogen) atoms. The number of benzene rings is 1. The van der Waals surface area contributed by atoms with Gasteiger partial charge in [0.2, 0.25) is 10.0 Å². The number of rotatable bonds is 2. The highest BCUT2D eigenvalue weighted by Crippen LogP contribution is 2.32. The van der Waals surface area contributed by atoms with Crippen molar-refractivity contribution in [1.29, 1.82) is 0 Å². The van der Waals surface area contributed by atoms with Crippen molar-refractivity contribution in [1.82, 2.24) is 10.2 Å². The van der Waals surface area contributed by atoms with Crippen molar-refractivity contribution in [3.8, 4) is 0 Å². The van der Waals surface area contributed by atoms with E-state index in [4.69, 9.17) is 5.14 Å². The Kier molecular flexibility index (Phi) is 3.00. The van der Waals surface area contributed by atoms with E-state index in [9.17, 15) is 8.42 Å². The fraction of sp³-hybridized carbons (Fsp3) is 0.0769. The molecule has 1 aliphatic rings. The summed E-state index contributed by atoms with van der Waals surface area (Å²) in [5.41, 5.74) is 1.66. The summed E-state index contributed by atoms with van der Waals surface area (Å²) in [6, 6.07) is 8.44. The molecule has 0 radical (unpaired) electrons. The maximum Gasteiger partial charge on any atom is 0.238 e. The Morgan fingerprint density at radius 3 is 2.80 bits per heavy atom. The largest absolute Gasteiger partial charge is 0.320 e. The van der Waals surface area contributed by atoms with Crippen molar-refractivity contribution in [2.24, 2.45) is 5.14 Å². The van der Waals surface area contributed by atoms with Crippen LogP contribution >= 0.6 is 0 Å². The van der Waals surface area contributed by atoms with Crippen LogP contribution in [0.5, 0.6) is 0 Å². The van der Waals surface area contributed by atoms with E-state index < -0.39 is 10.0 Å². The molecule has 1 aliphatic heterocycles. The fourth-order valence-electron chi connectivity index (χ4n) is 2.13. The highest BCUT2D eigenvalue weighted by molar-refractivity contribution is 7.89. The third-order valence-electron chi connectivity index (χ3n) is 3.04. The molecule has 0 unspecified atom stereocenters. The van der Waals surface area contributed by atoms with Crippen LogP contribution in [0, 0.1) is 0 Å². The second kappa shape index (κ2) is 4.69. The molecule has 2 N–H and O–H groups in total. The fourth-order valence-corrected chi connectivity index (χ4v) is 2.68. The third kappa shape index (κ3) is 2.28. The Bertz CT molecular complexity index is 772. The smallest absolute Gasteiger partial charge is 0.238 e. The second-order valence-corrected chi connectivity index (χ2v) is 5.92. The van der Waals surface area contributed by atoms with Gasteiger partial charge < -0.3 is 4.90 Å². The van der Waals surface area contributed by atoms with Gasteiger partial charge in [-0.2, -0.15) is 5.10 Å². The Morgan fingerprint density at radius 1 is 1.25 bits per heavy atom. The van der Waals surface area contributed by atoms with Gasteiger partial charge in [0, 0.05) is 12.7 Å². The molecule has 0 spiro atoms. The minimum absolute atomic E-state index is 0.0990. The van der Waals surface area contributed by atoms with Gasteiger partial charge in [0.1, 0.15) is 0 Å². The number of sulfonamides is 1. The predicted octanol–water partition coefficient (Wildman–Crippen LogP) is 1.29. The Hall–Kier alpha value is -2.25. The first-order chi connectivity index (χ1) is 9.55. The lowest BCUT2D eigenvalue weighted by atomic mass is 10.1. The van der Waals surface area contributed by atoms with Gasteiger partial charge in [0.15, 0.2) is 5.82 Å². The van der Waals surface area contributed by atoms with Gasteiger partial charge in [-0.05, 0) is 35.9 Å². The predicted molar refractivity (Wildman–Crippen MR) is 75.9 cm³/mol. The number of fused-ring (bicyclic) bond motifs is 1. The molecule has 0 fully saturated rings. The van der Waals surface area contributed by atoms with Crippen LogP contribution in [0.3, 0.4) is 0 Å². The van der Waals surface area contributed by atoms with E-state index in [1.54, 1.807) is 24.4 Å². The summed E-state index contributed by atoms with van der Waals surface area (Å²) in [7, 11) is -3.70. The molecular weight excluding hydrogens is 276 g/mol. The van der Waals surface area contributed by atoms with E-state index in [1.807, 2.05) is 23.1 Å². The highest BCUT2D eigenvalue weighted by Gasteiger charge is 2.18. The molecule has 1 aromatic carbocycles. The summed E-state index contributed by atoms with van der Waals surface area (Å²) in [6.07, 6.45) is 5.41. The zero-order valence-electron chi connectivity index (χ0n) is 10.5. The van der Waals surface area contributed by atoms with Crippen molar-refractivity contribution in [3.05, 3.63) is 48.2 Å². The number of anilines is 2. The van der Waals surface area contributed by atoms with Crippen LogP contribution in [-0.4, -0.2) is 25.2 Å². The number of hydrogen-bond donors (Lipinski definition) is 1. The molecule has 6 nitrogen and oxygen atoms in total. The van der Waals surface area contributed by atoms with Gasteiger partial charge in [0.25, 0.3) is 0 Å². The second-order valence-electron chi connectivity index (χ2n) is 4.36. The van der Waals surface area contributed by atoms with Gasteiger partial charge in [-0.1, -0.05) is 12.2 Å². The molecule has 0 bridgehead atoms. The maximum atomic E-state index is 11.4. The van der Waals surface area contributed by atoms with Crippen molar-refractivity contribution < 1.29 is 8.42 Å². The van der Waals surface area contributed by atoms with Crippen molar-refractivity contribution in [2.75, 3.05) is 11.4 Å². The summed E-state index contributed by atoms with van der Waals surface area (Å²) in [4.78, 5) is 2.05. The van der Waals surface area contributed by atoms with Crippen LogP contribution in [-0.2, 0) is 10.0 Å². The number of hydrogen-bond acceptors (Lipinski definition) is 5. The first-order valence-electron chi connectivity index (χ1n) is 5.94. The van der Waals surface area contributed by atoms with Crippen molar-refractivity contribution in [2.45, 2.75) is 4.90 Å². The molecule has 0 amide bonds. The van der Waals surface area contributed by atoms with Gasteiger partial charge in [-0.15, -0.1) is 5.10 Å². The van der Waals surface area contributed by atoms with E-state index in [1.165, 1.54) is 6.07 Å². The Labute approximate surface area is 116 Å². The number of nitrogens with zero attached hydrogens (tertiary/aromatic N) is 3.